The third-order valence-electron chi connectivity index (χ3n) is 5.22. The Labute approximate surface area is 183 Å². The largest absolute Gasteiger partial charge is 0.489 e. The van der Waals surface area contributed by atoms with Crippen molar-refractivity contribution in [3.8, 4) is 5.75 Å². The van der Waals surface area contributed by atoms with Crippen LogP contribution in [0.5, 0.6) is 5.75 Å². The third-order valence-corrected chi connectivity index (χ3v) is 5.22. The van der Waals surface area contributed by atoms with Crippen LogP contribution in [0, 0.1) is 0 Å². The van der Waals surface area contributed by atoms with E-state index in [1.54, 1.807) is 17.0 Å². The summed E-state index contributed by atoms with van der Waals surface area (Å²) < 4.78 is 11.5. The van der Waals surface area contributed by atoms with Gasteiger partial charge in [0.2, 0.25) is 5.91 Å². The number of nitrogens with one attached hydrogen (secondary N) is 2. The molecule has 1 aliphatic rings. The summed E-state index contributed by atoms with van der Waals surface area (Å²) in [5.41, 5.74) is 1.94. The number of para-hydroxylation sites is 2. The number of anilines is 2. The van der Waals surface area contributed by atoms with E-state index in [1.165, 1.54) is 0 Å². The molecule has 1 unspecified atom stereocenters. The Bertz CT molecular complexity index is 877. The van der Waals surface area contributed by atoms with E-state index < -0.39 is 0 Å². The minimum atomic E-state index is -0.200. The Morgan fingerprint density at radius 3 is 2.68 bits per heavy atom. The minimum Gasteiger partial charge on any atom is -0.489 e. The second-order valence-electron chi connectivity index (χ2n) is 7.40. The molecule has 2 aromatic rings. The number of carbonyl (C=O) groups excluding carboxylic acids is 2. The van der Waals surface area contributed by atoms with E-state index in [1.807, 2.05) is 50.2 Å². The molecule has 1 aliphatic heterocycles. The highest BCUT2D eigenvalue weighted by Crippen LogP contribution is 2.25. The SMILES string of the molecule is CCN(CC)C(=O)c1cccc(NCC(=O)Nc2ccccc2OCC2CCCO2)c1. The van der Waals surface area contributed by atoms with Gasteiger partial charge in [-0.25, -0.2) is 0 Å². The maximum atomic E-state index is 12.5. The van der Waals surface area contributed by atoms with Crippen molar-refractivity contribution in [3.05, 3.63) is 54.1 Å². The second-order valence-corrected chi connectivity index (χ2v) is 7.40. The van der Waals surface area contributed by atoms with Crippen LogP contribution in [-0.2, 0) is 9.53 Å². The number of ether oxygens (including phenoxy) is 2. The number of nitrogens with zero attached hydrogens (tertiary/aromatic N) is 1. The van der Waals surface area contributed by atoms with Crippen molar-refractivity contribution in [1.82, 2.24) is 4.90 Å². The molecule has 2 N–H and O–H groups in total. The van der Waals surface area contributed by atoms with Gasteiger partial charge in [0, 0.05) is 30.9 Å². The van der Waals surface area contributed by atoms with Gasteiger partial charge in [0.15, 0.2) is 0 Å². The minimum absolute atomic E-state index is 0.0181. The first-order chi connectivity index (χ1) is 15.1. The molecule has 2 aromatic carbocycles. The van der Waals surface area contributed by atoms with Crippen molar-refractivity contribution < 1.29 is 19.1 Å². The molecule has 166 valence electrons. The fourth-order valence-corrected chi connectivity index (χ4v) is 3.49. The molecular formula is C24H31N3O4. The van der Waals surface area contributed by atoms with Crippen LogP contribution in [0.1, 0.15) is 37.0 Å². The quantitative estimate of drug-likeness (QED) is 0.606. The number of benzene rings is 2. The van der Waals surface area contributed by atoms with Crippen LogP contribution in [0.2, 0.25) is 0 Å². The van der Waals surface area contributed by atoms with Gasteiger partial charge in [0.25, 0.3) is 5.91 Å². The molecule has 0 spiro atoms. The lowest BCUT2D eigenvalue weighted by Crippen LogP contribution is -2.30. The molecule has 2 amide bonds. The molecule has 0 bridgehead atoms. The molecule has 1 saturated heterocycles. The van der Waals surface area contributed by atoms with Crippen LogP contribution >= 0.6 is 0 Å². The average molecular weight is 426 g/mol. The van der Waals surface area contributed by atoms with E-state index in [4.69, 9.17) is 9.47 Å². The molecule has 0 saturated carbocycles. The van der Waals surface area contributed by atoms with Crippen LogP contribution in [-0.4, -0.2) is 55.7 Å². The highest BCUT2D eigenvalue weighted by Gasteiger charge is 2.17. The predicted molar refractivity (Wildman–Crippen MR) is 122 cm³/mol. The van der Waals surface area contributed by atoms with Crippen LogP contribution in [0.25, 0.3) is 0 Å². The van der Waals surface area contributed by atoms with Gasteiger partial charge in [0.05, 0.1) is 18.3 Å². The number of rotatable bonds is 10. The normalized spacial score (nSPS) is 15.4. The molecule has 3 rings (SSSR count). The first kappa shape index (κ1) is 22.6. The van der Waals surface area contributed by atoms with Gasteiger partial charge in [-0.2, -0.15) is 0 Å². The van der Waals surface area contributed by atoms with Crippen molar-refractivity contribution in [2.45, 2.75) is 32.8 Å². The second kappa shape index (κ2) is 11.4. The molecular weight excluding hydrogens is 394 g/mol. The first-order valence-electron chi connectivity index (χ1n) is 10.9. The van der Waals surface area contributed by atoms with E-state index in [0.717, 1.165) is 25.1 Å². The maximum absolute atomic E-state index is 12.5. The molecule has 31 heavy (non-hydrogen) atoms. The highest BCUT2D eigenvalue weighted by molar-refractivity contribution is 5.96. The number of amides is 2. The van der Waals surface area contributed by atoms with Crippen molar-refractivity contribution >= 4 is 23.2 Å². The standard InChI is InChI=1S/C24H31N3O4/c1-3-27(4-2)24(29)18-9-7-10-19(15-18)25-16-23(28)26-21-12-5-6-13-22(21)31-17-20-11-8-14-30-20/h5-7,9-10,12-13,15,20,25H,3-4,8,11,14,16-17H2,1-2H3,(H,26,28). The molecule has 7 nitrogen and oxygen atoms in total. The Hall–Kier alpha value is -3.06. The lowest BCUT2D eigenvalue weighted by molar-refractivity contribution is -0.114. The highest BCUT2D eigenvalue weighted by atomic mass is 16.5. The van der Waals surface area contributed by atoms with Gasteiger partial charge in [-0.3, -0.25) is 9.59 Å². The predicted octanol–water partition coefficient (Wildman–Crippen LogP) is 3.78. The summed E-state index contributed by atoms with van der Waals surface area (Å²) >= 11 is 0. The fraction of sp³-hybridized carbons (Fsp3) is 0.417. The molecule has 1 atom stereocenters. The van der Waals surface area contributed by atoms with E-state index in [9.17, 15) is 9.59 Å². The van der Waals surface area contributed by atoms with Gasteiger partial charge < -0.3 is 25.0 Å². The topological polar surface area (TPSA) is 79.9 Å². The zero-order chi connectivity index (χ0) is 22.1. The van der Waals surface area contributed by atoms with Crippen LogP contribution in [0.3, 0.4) is 0 Å². The molecule has 7 heteroatoms. The first-order valence-corrected chi connectivity index (χ1v) is 10.9. The van der Waals surface area contributed by atoms with Gasteiger partial charge in [-0.1, -0.05) is 18.2 Å². The molecule has 0 aliphatic carbocycles. The lowest BCUT2D eigenvalue weighted by Gasteiger charge is -2.19. The maximum Gasteiger partial charge on any atom is 0.253 e. The van der Waals surface area contributed by atoms with E-state index in [2.05, 4.69) is 10.6 Å². The van der Waals surface area contributed by atoms with Crippen molar-refractivity contribution in [1.29, 1.82) is 0 Å². The molecule has 1 fully saturated rings. The van der Waals surface area contributed by atoms with Gasteiger partial charge in [-0.15, -0.1) is 0 Å². The summed E-state index contributed by atoms with van der Waals surface area (Å²) in [6, 6.07) is 14.6. The van der Waals surface area contributed by atoms with Crippen molar-refractivity contribution in [2.75, 3.05) is 43.5 Å². The number of hydrogen-bond donors (Lipinski definition) is 2. The third kappa shape index (κ3) is 6.46. The van der Waals surface area contributed by atoms with E-state index >= 15 is 0 Å². The Morgan fingerprint density at radius 2 is 1.94 bits per heavy atom. The van der Waals surface area contributed by atoms with Crippen LogP contribution in [0.4, 0.5) is 11.4 Å². The number of carbonyl (C=O) groups is 2. The summed E-state index contributed by atoms with van der Waals surface area (Å²) in [5.74, 6) is 0.405. The summed E-state index contributed by atoms with van der Waals surface area (Å²) in [6.45, 7) is 6.54. The average Bonchev–Trinajstić information content (AvgIpc) is 3.32. The summed E-state index contributed by atoms with van der Waals surface area (Å²) in [6.07, 6.45) is 2.16. The Morgan fingerprint density at radius 1 is 1.13 bits per heavy atom. The van der Waals surface area contributed by atoms with Gasteiger partial charge in [-0.05, 0) is 57.0 Å². The number of hydrogen-bond acceptors (Lipinski definition) is 5. The summed E-state index contributed by atoms with van der Waals surface area (Å²) in [4.78, 5) is 26.8. The van der Waals surface area contributed by atoms with Gasteiger partial charge >= 0.3 is 0 Å². The van der Waals surface area contributed by atoms with Crippen LogP contribution < -0.4 is 15.4 Å². The molecule has 0 radical (unpaired) electrons. The Kier molecular flexibility index (Phi) is 8.29. The zero-order valence-corrected chi connectivity index (χ0v) is 18.2. The lowest BCUT2D eigenvalue weighted by atomic mass is 10.1. The van der Waals surface area contributed by atoms with E-state index in [0.29, 0.717) is 36.7 Å². The Balaban J connectivity index is 1.55. The van der Waals surface area contributed by atoms with Gasteiger partial charge in [0.1, 0.15) is 12.4 Å². The smallest absolute Gasteiger partial charge is 0.253 e. The fourth-order valence-electron chi connectivity index (χ4n) is 3.49. The van der Waals surface area contributed by atoms with Crippen molar-refractivity contribution in [3.63, 3.8) is 0 Å². The van der Waals surface area contributed by atoms with Crippen molar-refractivity contribution in [2.24, 2.45) is 0 Å². The summed E-state index contributed by atoms with van der Waals surface area (Å²) in [5, 5.41) is 5.98. The molecule has 0 aromatic heterocycles. The van der Waals surface area contributed by atoms with Crippen LogP contribution in [0.15, 0.2) is 48.5 Å². The molecule has 1 heterocycles. The summed E-state index contributed by atoms with van der Waals surface area (Å²) in [7, 11) is 0. The zero-order valence-electron chi connectivity index (χ0n) is 18.2. The monoisotopic (exact) mass is 425 g/mol. The van der Waals surface area contributed by atoms with E-state index in [-0.39, 0.29) is 24.5 Å².